The minimum Gasteiger partial charge on any atom is -0.497 e. The molecular weight excluding hydrogens is 396 g/mol. The van der Waals surface area contributed by atoms with E-state index >= 15 is 0 Å². The molecule has 0 aliphatic carbocycles. The highest BCUT2D eigenvalue weighted by Gasteiger charge is 2.15. The van der Waals surface area contributed by atoms with Crippen LogP contribution in [0.4, 0.5) is 0 Å². The van der Waals surface area contributed by atoms with Gasteiger partial charge in [-0.2, -0.15) is 0 Å². The Bertz CT molecular complexity index is 1180. The molecule has 0 saturated carbocycles. The van der Waals surface area contributed by atoms with E-state index in [0.717, 1.165) is 22.4 Å². The van der Waals surface area contributed by atoms with Crippen LogP contribution in [-0.2, 0) is 20.0 Å². The second-order valence-electron chi connectivity index (χ2n) is 7.16. The Morgan fingerprint density at radius 1 is 1.19 bits per heavy atom. The first-order valence-corrected chi connectivity index (χ1v) is 9.95. The number of imidazole rings is 1. The molecule has 1 unspecified atom stereocenters. The molecule has 9 nitrogen and oxygen atoms in total. The van der Waals surface area contributed by atoms with Gasteiger partial charge in [0.05, 0.1) is 30.8 Å². The van der Waals surface area contributed by atoms with Crippen molar-refractivity contribution in [3.8, 4) is 5.75 Å². The zero-order valence-corrected chi connectivity index (χ0v) is 17.4. The molecule has 2 N–H and O–H groups in total. The first kappa shape index (κ1) is 20.5. The van der Waals surface area contributed by atoms with E-state index in [-0.39, 0.29) is 18.3 Å². The van der Waals surface area contributed by atoms with Crippen molar-refractivity contribution in [2.45, 2.75) is 19.1 Å². The highest BCUT2D eigenvalue weighted by Crippen LogP contribution is 2.19. The molecule has 1 atom stereocenters. The molecule has 2 aromatic heterocycles. The van der Waals surface area contributed by atoms with Crippen LogP contribution in [0.15, 0.2) is 54.9 Å². The predicted molar refractivity (Wildman–Crippen MR) is 115 cm³/mol. The molecule has 2 heterocycles. The number of fused-ring (bicyclic) bond motifs is 1. The van der Waals surface area contributed by atoms with Gasteiger partial charge in [-0.05, 0) is 29.8 Å². The smallest absolute Gasteiger partial charge is 0.290 e. The highest BCUT2D eigenvalue weighted by molar-refractivity contribution is 5.90. The second-order valence-corrected chi connectivity index (χ2v) is 7.16. The van der Waals surface area contributed by atoms with E-state index in [9.17, 15) is 9.90 Å². The molecule has 160 valence electrons. The van der Waals surface area contributed by atoms with Gasteiger partial charge in [-0.1, -0.05) is 24.3 Å². The largest absolute Gasteiger partial charge is 0.497 e. The summed E-state index contributed by atoms with van der Waals surface area (Å²) < 4.78 is 8.60. The Labute approximate surface area is 179 Å². The number of carbonyl (C=O) groups excluding carboxylic acids is 1. The normalized spacial score (nSPS) is 12.1. The molecule has 31 heavy (non-hydrogen) atoms. The second kappa shape index (κ2) is 8.97. The van der Waals surface area contributed by atoms with Crippen molar-refractivity contribution in [2.24, 2.45) is 7.05 Å². The van der Waals surface area contributed by atoms with E-state index in [1.165, 1.54) is 11.0 Å². The Hall–Kier alpha value is -3.72. The number of carbonyl (C=O) groups is 1. The number of aryl methyl sites for hydroxylation is 1. The van der Waals surface area contributed by atoms with Crippen molar-refractivity contribution < 1.29 is 14.6 Å². The molecule has 0 spiro atoms. The van der Waals surface area contributed by atoms with Crippen LogP contribution in [0.1, 0.15) is 28.1 Å². The molecule has 4 rings (SSSR count). The fourth-order valence-corrected chi connectivity index (χ4v) is 3.38. The lowest BCUT2D eigenvalue weighted by Gasteiger charge is -2.11. The zero-order chi connectivity index (χ0) is 21.8. The van der Waals surface area contributed by atoms with Crippen LogP contribution in [-0.4, -0.2) is 49.0 Å². The molecular formula is C22H24N6O3. The summed E-state index contributed by atoms with van der Waals surface area (Å²) >= 11 is 0. The third kappa shape index (κ3) is 4.56. The first-order chi connectivity index (χ1) is 15.0. The Morgan fingerprint density at radius 2 is 1.97 bits per heavy atom. The Kier molecular flexibility index (Phi) is 5.94. The summed E-state index contributed by atoms with van der Waals surface area (Å²) in [6.45, 7) is 0.603. The van der Waals surface area contributed by atoms with Crippen molar-refractivity contribution >= 4 is 16.9 Å². The van der Waals surface area contributed by atoms with Crippen LogP contribution in [0.3, 0.4) is 0 Å². The van der Waals surface area contributed by atoms with E-state index in [4.69, 9.17) is 4.74 Å². The van der Waals surface area contributed by atoms with Crippen LogP contribution in [0, 0.1) is 0 Å². The number of aliphatic hydroxyl groups excluding tert-OH is 1. The van der Waals surface area contributed by atoms with E-state index in [0.29, 0.717) is 18.7 Å². The van der Waals surface area contributed by atoms with Gasteiger partial charge in [-0.25, -0.2) is 14.6 Å². The SMILES string of the molecule is COc1ccc(C(O)Cn2cnc(C(=O)NCCc3nc4ccccc4n3C)n2)cc1. The minimum atomic E-state index is -0.777. The van der Waals surface area contributed by atoms with Gasteiger partial charge in [0.25, 0.3) is 5.91 Å². The van der Waals surface area contributed by atoms with Gasteiger partial charge in [0.15, 0.2) is 0 Å². The average Bonchev–Trinajstić information content (AvgIpc) is 3.38. The van der Waals surface area contributed by atoms with Gasteiger partial charge >= 0.3 is 0 Å². The number of aromatic nitrogens is 5. The number of hydrogen-bond donors (Lipinski definition) is 2. The van der Waals surface area contributed by atoms with Crippen LogP contribution in [0.25, 0.3) is 11.0 Å². The van der Waals surface area contributed by atoms with Gasteiger partial charge in [0.2, 0.25) is 5.82 Å². The van der Waals surface area contributed by atoms with Crippen LogP contribution >= 0.6 is 0 Å². The summed E-state index contributed by atoms with van der Waals surface area (Å²) in [5, 5.41) is 17.4. The van der Waals surface area contributed by atoms with Gasteiger partial charge < -0.3 is 19.7 Å². The highest BCUT2D eigenvalue weighted by atomic mass is 16.5. The van der Waals surface area contributed by atoms with Crippen molar-refractivity contribution in [1.29, 1.82) is 0 Å². The van der Waals surface area contributed by atoms with Crippen molar-refractivity contribution in [3.63, 3.8) is 0 Å². The Balaban J connectivity index is 1.31. The maximum atomic E-state index is 12.4. The maximum absolute atomic E-state index is 12.4. The number of nitrogens with zero attached hydrogens (tertiary/aromatic N) is 5. The number of methoxy groups -OCH3 is 1. The summed E-state index contributed by atoms with van der Waals surface area (Å²) in [5.74, 6) is 1.31. The lowest BCUT2D eigenvalue weighted by Crippen LogP contribution is -2.27. The predicted octanol–water partition coefficient (Wildman–Crippen LogP) is 1.88. The summed E-state index contributed by atoms with van der Waals surface area (Å²) in [7, 11) is 3.55. The molecule has 2 aromatic carbocycles. The summed E-state index contributed by atoms with van der Waals surface area (Å²) in [4.78, 5) is 21.0. The van der Waals surface area contributed by atoms with E-state index in [1.807, 2.05) is 35.9 Å². The summed E-state index contributed by atoms with van der Waals surface area (Å²) in [6, 6.07) is 15.0. The molecule has 9 heteroatoms. The van der Waals surface area contributed by atoms with Crippen LogP contribution in [0.5, 0.6) is 5.75 Å². The summed E-state index contributed by atoms with van der Waals surface area (Å²) in [5.41, 5.74) is 2.71. The number of hydrogen-bond acceptors (Lipinski definition) is 6. The van der Waals surface area contributed by atoms with E-state index < -0.39 is 6.10 Å². The molecule has 1 amide bonds. The molecule has 4 aromatic rings. The maximum Gasteiger partial charge on any atom is 0.290 e. The van der Waals surface area contributed by atoms with Crippen molar-refractivity contribution in [1.82, 2.24) is 29.6 Å². The number of benzene rings is 2. The average molecular weight is 420 g/mol. The zero-order valence-electron chi connectivity index (χ0n) is 17.4. The number of nitrogens with one attached hydrogen (secondary N) is 1. The van der Waals surface area contributed by atoms with Gasteiger partial charge in [0.1, 0.15) is 17.9 Å². The van der Waals surface area contributed by atoms with Gasteiger partial charge in [-0.3, -0.25) is 4.79 Å². The quantitative estimate of drug-likeness (QED) is 0.451. The van der Waals surface area contributed by atoms with Gasteiger partial charge in [-0.15, -0.1) is 5.10 Å². The van der Waals surface area contributed by atoms with E-state index in [2.05, 4.69) is 20.4 Å². The van der Waals surface area contributed by atoms with Gasteiger partial charge in [0, 0.05) is 20.0 Å². The van der Waals surface area contributed by atoms with Crippen LogP contribution in [0.2, 0.25) is 0 Å². The third-order valence-corrected chi connectivity index (χ3v) is 5.11. The van der Waals surface area contributed by atoms with Crippen molar-refractivity contribution in [3.05, 3.63) is 72.1 Å². The minimum absolute atomic E-state index is 0.0620. The lowest BCUT2D eigenvalue weighted by molar-refractivity contribution is 0.0941. The molecule has 0 bridgehead atoms. The van der Waals surface area contributed by atoms with Crippen LogP contribution < -0.4 is 10.1 Å². The number of aliphatic hydroxyl groups is 1. The number of amides is 1. The summed E-state index contributed by atoms with van der Waals surface area (Å²) in [6.07, 6.45) is 1.25. The number of para-hydroxylation sites is 2. The molecule has 0 saturated heterocycles. The molecule has 0 aliphatic heterocycles. The standard InChI is InChI=1S/C22H24N6O3/c1-27-18-6-4-3-5-17(18)25-20(27)11-12-23-22(30)21-24-14-28(26-21)13-19(29)15-7-9-16(31-2)10-8-15/h3-10,14,19,29H,11-13H2,1-2H3,(H,23,30). The molecule has 0 radical (unpaired) electrons. The van der Waals surface area contributed by atoms with Crippen molar-refractivity contribution in [2.75, 3.05) is 13.7 Å². The Morgan fingerprint density at radius 3 is 2.71 bits per heavy atom. The number of rotatable bonds is 8. The third-order valence-electron chi connectivity index (χ3n) is 5.11. The molecule has 0 fully saturated rings. The fraction of sp³-hybridized carbons (Fsp3) is 0.273. The topological polar surface area (TPSA) is 107 Å². The first-order valence-electron chi connectivity index (χ1n) is 9.95. The fourth-order valence-electron chi connectivity index (χ4n) is 3.38. The lowest BCUT2D eigenvalue weighted by atomic mass is 10.1. The number of ether oxygens (including phenoxy) is 1. The monoisotopic (exact) mass is 420 g/mol. The van der Waals surface area contributed by atoms with E-state index in [1.54, 1.807) is 31.4 Å². The molecule has 0 aliphatic rings.